The van der Waals surface area contributed by atoms with E-state index in [4.69, 9.17) is 9.47 Å². The van der Waals surface area contributed by atoms with Crippen LogP contribution in [0.25, 0.3) is 0 Å². The van der Waals surface area contributed by atoms with Gasteiger partial charge in [0.2, 0.25) is 0 Å². The fourth-order valence-electron chi connectivity index (χ4n) is 4.70. The number of fused-ring (bicyclic) bond motifs is 2. The van der Waals surface area contributed by atoms with Gasteiger partial charge in [-0.2, -0.15) is 0 Å². The third-order valence-corrected chi connectivity index (χ3v) is 5.77. The minimum absolute atomic E-state index is 0.649. The van der Waals surface area contributed by atoms with Crippen LogP contribution in [-0.4, -0.2) is 24.4 Å². The van der Waals surface area contributed by atoms with E-state index in [0.29, 0.717) is 24.4 Å². The normalized spacial score (nSPS) is 53.5. The first kappa shape index (κ1) is 10.8. The van der Waals surface area contributed by atoms with E-state index in [2.05, 4.69) is 6.92 Å². The smallest absolute Gasteiger partial charge is 0.0844 e. The van der Waals surface area contributed by atoms with Crippen LogP contribution in [0.4, 0.5) is 0 Å². The van der Waals surface area contributed by atoms with Crippen molar-refractivity contribution in [3.05, 3.63) is 0 Å². The number of hydrogen-bond acceptors (Lipinski definition) is 2. The minimum Gasteiger partial charge on any atom is -0.370 e. The first-order chi connectivity index (χ1) is 8.35. The van der Waals surface area contributed by atoms with Crippen LogP contribution in [-0.2, 0) is 9.47 Å². The molecule has 2 heterocycles. The largest absolute Gasteiger partial charge is 0.370 e. The average Bonchev–Trinajstić information content (AvgIpc) is 3.23. The quantitative estimate of drug-likeness (QED) is 0.703. The zero-order valence-electron chi connectivity index (χ0n) is 10.8. The van der Waals surface area contributed by atoms with Gasteiger partial charge >= 0.3 is 0 Å². The summed E-state index contributed by atoms with van der Waals surface area (Å²) >= 11 is 0. The van der Waals surface area contributed by atoms with Crippen molar-refractivity contribution in [1.29, 1.82) is 0 Å². The molecule has 2 saturated carbocycles. The van der Waals surface area contributed by atoms with E-state index < -0.39 is 0 Å². The molecule has 2 heteroatoms. The Balaban J connectivity index is 1.41. The van der Waals surface area contributed by atoms with Crippen LogP contribution in [0.2, 0.25) is 0 Å². The van der Waals surface area contributed by atoms with Crippen LogP contribution >= 0.6 is 0 Å². The highest BCUT2D eigenvalue weighted by molar-refractivity contribution is 4.98. The molecule has 2 saturated heterocycles. The topological polar surface area (TPSA) is 25.1 Å². The van der Waals surface area contributed by atoms with Crippen molar-refractivity contribution in [2.24, 2.45) is 17.8 Å². The summed E-state index contributed by atoms with van der Waals surface area (Å²) in [7, 11) is 0. The van der Waals surface area contributed by atoms with E-state index in [1.54, 1.807) is 0 Å². The van der Waals surface area contributed by atoms with Gasteiger partial charge in [0, 0.05) is 0 Å². The summed E-state index contributed by atoms with van der Waals surface area (Å²) in [6, 6.07) is 0. The maximum Gasteiger partial charge on any atom is 0.0844 e. The summed E-state index contributed by atoms with van der Waals surface area (Å²) in [6.07, 6.45) is 12.2. The number of rotatable bonds is 3. The van der Waals surface area contributed by atoms with Gasteiger partial charge < -0.3 is 9.47 Å². The average molecular weight is 236 g/mol. The van der Waals surface area contributed by atoms with Crippen molar-refractivity contribution in [3.63, 3.8) is 0 Å². The molecule has 2 aliphatic carbocycles. The lowest BCUT2D eigenvalue weighted by molar-refractivity contribution is 0.152. The molecule has 17 heavy (non-hydrogen) atoms. The molecule has 0 spiro atoms. The molecular weight excluding hydrogens is 212 g/mol. The molecule has 0 aromatic rings. The molecule has 6 unspecified atom stereocenters. The lowest BCUT2D eigenvalue weighted by Crippen LogP contribution is -2.30. The molecule has 0 bridgehead atoms. The Bertz CT molecular complexity index is 275. The van der Waals surface area contributed by atoms with Crippen LogP contribution in [0, 0.1) is 17.8 Å². The van der Waals surface area contributed by atoms with Gasteiger partial charge in [-0.25, -0.2) is 0 Å². The maximum atomic E-state index is 5.69. The highest BCUT2D eigenvalue weighted by Gasteiger charge is 2.49. The molecule has 0 N–H and O–H groups in total. The Morgan fingerprint density at radius 3 is 1.76 bits per heavy atom. The van der Waals surface area contributed by atoms with Gasteiger partial charge in [0.25, 0.3) is 0 Å². The lowest BCUT2D eigenvalue weighted by atomic mass is 9.69. The van der Waals surface area contributed by atoms with Crippen molar-refractivity contribution < 1.29 is 9.47 Å². The van der Waals surface area contributed by atoms with E-state index in [9.17, 15) is 0 Å². The van der Waals surface area contributed by atoms with Gasteiger partial charge in [0.1, 0.15) is 0 Å². The number of epoxide rings is 2. The Labute approximate surface area is 104 Å². The van der Waals surface area contributed by atoms with E-state index >= 15 is 0 Å². The van der Waals surface area contributed by atoms with Crippen molar-refractivity contribution in [3.8, 4) is 0 Å². The molecule has 0 amide bonds. The Hall–Kier alpha value is -0.0800. The Morgan fingerprint density at radius 1 is 0.824 bits per heavy atom. The molecule has 4 fully saturated rings. The Kier molecular flexibility index (Phi) is 2.52. The fourth-order valence-corrected chi connectivity index (χ4v) is 4.70. The first-order valence-corrected chi connectivity index (χ1v) is 7.66. The predicted octanol–water partition coefficient (Wildman–Crippen LogP) is 3.15. The summed E-state index contributed by atoms with van der Waals surface area (Å²) in [5.74, 6) is 2.85. The van der Waals surface area contributed by atoms with Gasteiger partial charge in [-0.15, -0.1) is 0 Å². The van der Waals surface area contributed by atoms with Crippen LogP contribution in [0.3, 0.4) is 0 Å². The monoisotopic (exact) mass is 236 g/mol. The fraction of sp³-hybridized carbons (Fsp3) is 1.00. The van der Waals surface area contributed by atoms with Crippen LogP contribution < -0.4 is 0 Å². The zero-order chi connectivity index (χ0) is 11.4. The van der Waals surface area contributed by atoms with E-state index in [1.807, 2.05) is 0 Å². The van der Waals surface area contributed by atoms with Gasteiger partial charge in [0.05, 0.1) is 24.4 Å². The first-order valence-electron chi connectivity index (χ1n) is 7.66. The van der Waals surface area contributed by atoms with Crippen LogP contribution in [0.1, 0.15) is 51.9 Å². The van der Waals surface area contributed by atoms with Crippen molar-refractivity contribution in [2.45, 2.75) is 76.3 Å². The number of ether oxygens (including phenoxy) is 2. The van der Waals surface area contributed by atoms with E-state index in [-0.39, 0.29) is 0 Å². The van der Waals surface area contributed by atoms with E-state index in [1.165, 1.54) is 44.9 Å². The summed E-state index contributed by atoms with van der Waals surface area (Å²) in [4.78, 5) is 0. The second-order valence-electron chi connectivity index (χ2n) is 6.64. The molecule has 4 aliphatic rings. The molecule has 0 aromatic carbocycles. The zero-order valence-corrected chi connectivity index (χ0v) is 10.8. The molecule has 2 aliphatic heterocycles. The van der Waals surface area contributed by atoms with Crippen molar-refractivity contribution in [1.82, 2.24) is 0 Å². The highest BCUT2D eigenvalue weighted by Crippen LogP contribution is 2.49. The third kappa shape index (κ3) is 1.94. The second-order valence-corrected chi connectivity index (χ2v) is 6.64. The summed E-state index contributed by atoms with van der Waals surface area (Å²) in [6.45, 7) is 2.39. The number of hydrogen-bond donors (Lipinski definition) is 0. The van der Waals surface area contributed by atoms with Gasteiger partial charge in [-0.1, -0.05) is 13.3 Å². The van der Waals surface area contributed by atoms with Crippen molar-refractivity contribution in [2.75, 3.05) is 0 Å². The molecule has 0 aromatic heterocycles. The minimum atomic E-state index is 0.649. The molecule has 2 nitrogen and oxygen atoms in total. The van der Waals surface area contributed by atoms with Gasteiger partial charge in [-0.3, -0.25) is 0 Å². The van der Waals surface area contributed by atoms with Gasteiger partial charge in [0.15, 0.2) is 0 Å². The highest BCUT2D eigenvalue weighted by atomic mass is 16.6. The lowest BCUT2D eigenvalue weighted by Gasteiger charge is -2.35. The second kappa shape index (κ2) is 3.96. The molecule has 6 atom stereocenters. The predicted molar refractivity (Wildman–Crippen MR) is 65.8 cm³/mol. The van der Waals surface area contributed by atoms with Crippen LogP contribution in [0.15, 0.2) is 0 Å². The van der Waals surface area contributed by atoms with Crippen LogP contribution in [0.5, 0.6) is 0 Å². The summed E-state index contributed by atoms with van der Waals surface area (Å²) < 4.78 is 11.4. The summed E-state index contributed by atoms with van der Waals surface area (Å²) in [5.41, 5.74) is 0. The maximum absolute atomic E-state index is 5.69. The standard InChI is InChI=1S/C15H24O2/c1-2-11(9-3-5-12-14(7-9)16-12)10-4-6-13-15(8-10)17-13/h9-15H,2-8H2,1H3. The Morgan fingerprint density at radius 2 is 1.35 bits per heavy atom. The third-order valence-electron chi connectivity index (χ3n) is 5.77. The van der Waals surface area contributed by atoms with E-state index in [0.717, 1.165) is 17.8 Å². The molecular formula is C15H24O2. The SMILES string of the molecule is CCC(C1CCC2OC2C1)C1CCC2OC2C1. The summed E-state index contributed by atoms with van der Waals surface area (Å²) in [5, 5.41) is 0. The molecule has 4 rings (SSSR count). The molecule has 0 radical (unpaired) electrons. The van der Waals surface area contributed by atoms with Gasteiger partial charge in [-0.05, 0) is 56.3 Å². The molecule has 96 valence electrons. The van der Waals surface area contributed by atoms with Crippen molar-refractivity contribution >= 4 is 0 Å².